The molecule has 138 valence electrons. The van der Waals surface area contributed by atoms with Crippen LogP contribution in [0.1, 0.15) is 20.7 Å². The maximum atomic E-state index is 11.6. The Balaban J connectivity index is 2.99. The molecule has 26 heavy (non-hydrogen) atoms. The smallest absolute Gasteiger partial charge is 0.336 e. The van der Waals surface area contributed by atoms with Crippen LogP contribution in [0.2, 0.25) is 0 Å². The van der Waals surface area contributed by atoms with Gasteiger partial charge in [-0.3, -0.25) is 9.11 Å². The van der Waals surface area contributed by atoms with E-state index in [0.717, 1.165) is 30.3 Å². The Morgan fingerprint density at radius 2 is 1.35 bits per heavy atom. The van der Waals surface area contributed by atoms with E-state index in [2.05, 4.69) is 0 Å². The van der Waals surface area contributed by atoms with Crippen LogP contribution in [-0.4, -0.2) is 48.1 Å². The number of carboxylic acids is 2. The van der Waals surface area contributed by atoms with E-state index in [1.807, 2.05) is 0 Å². The van der Waals surface area contributed by atoms with E-state index in [0.29, 0.717) is 6.07 Å². The molecule has 10 nitrogen and oxygen atoms in total. The number of aromatic carboxylic acids is 2. The molecule has 0 heterocycles. The van der Waals surface area contributed by atoms with E-state index in [9.17, 15) is 36.1 Å². The van der Waals surface area contributed by atoms with Gasteiger partial charge in [0.15, 0.2) is 0 Å². The van der Waals surface area contributed by atoms with Crippen LogP contribution in [0.15, 0.2) is 46.2 Å². The standard InChI is InChI=1S/C14H10O10S2/c15-13(16)7-1-4-12(26(22,23)24)11(5-7)10-6-8(25(19,20)21)2-3-9(10)14(17)18/h1-6H,(H,15,16)(H,17,18)(H,19,20,21)(H,22,23,24). The van der Waals surface area contributed by atoms with Gasteiger partial charge in [-0.15, -0.1) is 0 Å². The summed E-state index contributed by atoms with van der Waals surface area (Å²) in [4.78, 5) is 20.9. The van der Waals surface area contributed by atoms with Crippen molar-refractivity contribution in [2.24, 2.45) is 0 Å². The molecule has 0 aliphatic heterocycles. The molecule has 0 unspecified atom stereocenters. The molecule has 0 aromatic heterocycles. The Bertz CT molecular complexity index is 1130. The Hall–Kier alpha value is -2.80. The van der Waals surface area contributed by atoms with Gasteiger partial charge in [0.25, 0.3) is 20.2 Å². The Labute approximate surface area is 146 Å². The lowest BCUT2D eigenvalue weighted by Gasteiger charge is -2.12. The van der Waals surface area contributed by atoms with Crippen molar-refractivity contribution in [3.63, 3.8) is 0 Å². The lowest BCUT2D eigenvalue weighted by molar-refractivity contribution is 0.0687. The molecule has 0 bridgehead atoms. The highest BCUT2D eigenvalue weighted by Gasteiger charge is 2.24. The molecule has 0 aliphatic rings. The zero-order valence-electron chi connectivity index (χ0n) is 12.5. The summed E-state index contributed by atoms with van der Waals surface area (Å²) >= 11 is 0. The molecular weight excluding hydrogens is 392 g/mol. The first-order valence-electron chi connectivity index (χ1n) is 6.52. The summed E-state index contributed by atoms with van der Waals surface area (Å²) in [5, 5.41) is 18.3. The highest BCUT2D eigenvalue weighted by atomic mass is 32.2. The predicted octanol–water partition coefficient (Wildman–Crippen LogP) is 1.24. The quantitative estimate of drug-likeness (QED) is 0.531. The second-order valence-electron chi connectivity index (χ2n) is 4.98. The monoisotopic (exact) mass is 402 g/mol. The van der Waals surface area contributed by atoms with Crippen LogP contribution in [0.4, 0.5) is 0 Å². The average Bonchev–Trinajstić information content (AvgIpc) is 2.51. The largest absolute Gasteiger partial charge is 0.478 e. The fourth-order valence-corrected chi connectivity index (χ4v) is 3.39. The molecule has 4 N–H and O–H groups in total. The van der Waals surface area contributed by atoms with Crippen molar-refractivity contribution >= 4 is 32.2 Å². The van der Waals surface area contributed by atoms with Gasteiger partial charge in [0.05, 0.1) is 16.0 Å². The molecule has 0 aliphatic carbocycles. The highest BCUT2D eigenvalue weighted by molar-refractivity contribution is 7.86. The van der Waals surface area contributed by atoms with Crippen LogP contribution in [-0.2, 0) is 20.2 Å². The topological polar surface area (TPSA) is 183 Å². The first kappa shape index (κ1) is 19.5. The van der Waals surface area contributed by atoms with Gasteiger partial charge >= 0.3 is 11.9 Å². The van der Waals surface area contributed by atoms with Crippen molar-refractivity contribution in [3.8, 4) is 11.1 Å². The lowest BCUT2D eigenvalue weighted by Crippen LogP contribution is -2.08. The summed E-state index contributed by atoms with van der Waals surface area (Å²) in [5.41, 5.74) is -2.11. The fraction of sp³-hybridized carbons (Fsp3) is 0. The van der Waals surface area contributed by atoms with Gasteiger partial charge in [0, 0.05) is 5.56 Å². The molecular formula is C14H10O10S2. The summed E-state index contributed by atoms with van der Waals surface area (Å²) < 4.78 is 64.2. The SMILES string of the molecule is O=C(O)c1ccc(S(=O)(=O)O)c(-c2cc(S(=O)(=O)O)ccc2C(=O)O)c1. The molecule has 0 saturated heterocycles. The first-order chi connectivity index (χ1) is 11.8. The van der Waals surface area contributed by atoms with Crippen LogP contribution < -0.4 is 0 Å². The summed E-state index contributed by atoms with van der Waals surface area (Å²) in [6.45, 7) is 0. The average molecular weight is 402 g/mol. The first-order valence-corrected chi connectivity index (χ1v) is 9.40. The van der Waals surface area contributed by atoms with Crippen LogP contribution in [0, 0.1) is 0 Å². The number of hydrogen-bond acceptors (Lipinski definition) is 6. The summed E-state index contributed by atoms with van der Waals surface area (Å²) in [7, 11) is -9.68. The zero-order chi connectivity index (χ0) is 19.9. The van der Waals surface area contributed by atoms with Gasteiger partial charge in [-0.2, -0.15) is 16.8 Å². The molecule has 0 radical (unpaired) electrons. The zero-order valence-corrected chi connectivity index (χ0v) is 14.2. The number of carboxylic acid groups (broad SMARTS) is 2. The minimum Gasteiger partial charge on any atom is -0.478 e. The molecule has 0 saturated carbocycles. The van der Waals surface area contributed by atoms with Crippen LogP contribution in [0.25, 0.3) is 11.1 Å². The van der Waals surface area contributed by atoms with E-state index in [4.69, 9.17) is 9.66 Å². The molecule has 0 fully saturated rings. The maximum Gasteiger partial charge on any atom is 0.336 e. The minimum absolute atomic E-state index is 0.444. The van der Waals surface area contributed by atoms with Gasteiger partial charge < -0.3 is 10.2 Å². The van der Waals surface area contributed by atoms with Gasteiger partial charge in [-0.25, -0.2) is 9.59 Å². The highest BCUT2D eigenvalue weighted by Crippen LogP contribution is 2.33. The second kappa shape index (κ2) is 6.49. The predicted molar refractivity (Wildman–Crippen MR) is 85.4 cm³/mol. The Morgan fingerprint density at radius 3 is 1.81 bits per heavy atom. The van der Waals surface area contributed by atoms with Gasteiger partial charge in [-0.1, -0.05) is 0 Å². The van der Waals surface area contributed by atoms with Crippen molar-refractivity contribution < 1.29 is 45.7 Å². The third-order valence-electron chi connectivity index (χ3n) is 3.31. The molecule has 0 atom stereocenters. The van der Waals surface area contributed by atoms with Crippen molar-refractivity contribution in [1.82, 2.24) is 0 Å². The maximum absolute atomic E-state index is 11.6. The van der Waals surface area contributed by atoms with Gasteiger partial charge in [0.1, 0.15) is 4.90 Å². The number of rotatable bonds is 5. The third-order valence-corrected chi connectivity index (χ3v) is 5.08. The molecule has 2 rings (SSSR count). The number of carbonyl (C=O) groups is 2. The van der Waals surface area contributed by atoms with Crippen molar-refractivity contribution in [2.75, 3.05) is 0 Å². The molecule has 2 aromatic rings. The van der Waals surface area contributed by atoms with E-state index < -0.39 is 64.2 Å². The molecule has 2 aromatic carbocycles. The normalized spacial score (nSPS) is 11.9. The van der Waals surface area contributed by atoms with Crippen LogP contribution >= 0.6 is 0 Å². The summed E-state index contributed by atoms with van der Waals surface area (Å²) in [6, 6.07) is 4.59. The number of hydrogen-bond donors (Lipinski definition) is 4. The van der Waals surface area contributed by atoms with E-state index in [1.54, 1.807) is 0 Å². The van der Waals surface area contributed by atoms with Crippen molar-refractivity contribution in [2.45, 2.75) is 9.79 Å². The molecule has 0 spiro atoms. The van der Waals surface area contributed by atoms with E-state index in [-0.39, 0.29) is 0 Å². The fourth-order valence-electron chi connectivity index (χ4n) is 2.19. The summed E-state index contributed by atoms with van der Waals surface area (Å²) in [5.74, 6) is -3.06. The van der Waals surface area contributed by atoms with Crippen LogP contribution in [0.5, 0.6) is 0 Å². The Kier molecular flexibility index (Phi) is 4.88. The third kappa shape index (κ3) is 3.88. The second-order valence-corrected chi connectivity index (χ2v) is 7.79. The van der Waals surface area contributed by atoms with Gasteiger partial charge in [0.2, 0.25) is 0 Å². The Morgan fingerprint density at radius 1 is 0.731 bits per heavy atom. The summed E-state index contributed by atoms with van der Waals surface area (Å²) in [6.07, 6.45) is 0. The van der Waals surface area contributed by atoms with E-state index in [1.165, 1.54) is 0 Å². The number of benzene rings is 2. The van der Waals surface area contributed by atoms with Gasteiger partial charge in [-0.05, 0) is 42.0 Å². The van der Waals surface area contributed by atoms with Crippen molar-refractivity contribution in [1.29, 1.82) is 0 Å². The molecule has 0 amide bonds. The minimum atomic E-state index is -4.91. The van der Waals surface area contributed by atoms with Crippen LogP contribution in [0.3, 0.4) is 0 Å². The lowest BCUT2D eigenvalue weighted by atomic mass is 9.98. The van der Waals surface area contributed by atoms with Crippen molar-refractivity contribution in [3.05, 3.63) is 47.5 Å². The van der Waals surface area contributed by atoms with E-state index >= 15 is 0 Å². The molecule has 12 heteroatoms.